The minimum absolute atomic E-state index is 0. The first-order chi connectivity index (χ1) is 12.7. The monoisotopic (exact) mass is 616 g/mol. The van der Waals surface area contributed by atoms with Gasteiger partial charge in [-0.05, 0) is 40.2 Å². The number of aliphatic hydroxyl groups excluding tert-OH is 1. The molecule has 9 heteroatoms. The van der Waals surface area contributed by atoms with Crippen LogP contribution in [-0.2, 0) is 18.5 Å². The van der Waals surface area contributed by atoms with Crippen molar-refractivity contribution in [2.75, 3.05) is 26.9 Å². The SMILES string of the molecule is [2H][C@H](C)[C@@]12CO[C@@H]([CH-]O1)[C@@H]2OP(OCC[N+]#[C-])N(C(C)C)C(C)C.[3H]OC.[U]. The average molecular weight is 616 g/mol. The fourth-order valence-corrected chi connectivity index (χ4v) is 4.72. The van der Waals surface area contributed by atoms with E-state index in [9.17, 15) is 0 Å². The van der Waals surface area contributed by atoms with Crippen LogP contribution < -0.4 is 0 Å². The molecule has 7 nitrogen and oxygen atoms in total. The maximum absolute atomic E-state index is 8.18. The van der Waals surface area contributed by atoms with E-state index in [0.29, 0.717) is 19.8 Å². The molecule has 2 bridgehead atoms. The van der Waals surface area contributed by atoms with E-state index in [4.69, 9.17) is 27.9 Å². The van der Waals surface area contributed by atoms with Crippen molar-refractivity contribution in [2.45, 2.75) is 70.9 Å². The Bertz CT molecular complexity index is 469. The molecule has 0 saturated carbocycles. The second-order valence-corrected chi connectivity index (χ2v) is 7.73. The largest absolute Gasteiger partial charge is 0.541 e. The summed E-state index contributed by atoms with van der Waals surface area (Å²) in [6.07, 6.45) is -1.10. The normalized spacial score (nSPS) is 30.2. The van der Waals surface area contributed by atoms with Gasteiger partial charge in [0.05, 0.1) is 18.3 Å². The van der Waals surface area contributed by atoms with Crippen molar-refractivity contribution >= 4 is 8.53 Å². The predicted octanol–water partition coefficient (Wildman–Crippen LogP) is 3.00. The van der Waals surface area contributed by atoms with Gasteiger partial charge in [0.15, 0.2) is 0 Å². The summed E-state index contributed by atoms with van der Waals surface area (Å²) in [5, 5.41) is 3.50. The van der Waals surface area contributed by atoms with Gasteiger partial charge in [-0.1, -0.05) is 6.92 Å². The van der Waals surface area contributed by atoms with Crippen molar-refractivity contribution in [1.29, 1.82) is 1.43 Å². The first-order valence-corrected chi connectivity index (χ1v) is 9.63. The van der Waals surface area contributed by atoms with Crippen molar-refractivity contribution in [3.8, 4) is 0 Å². The maximum atomic E-state index is 8.18. The van der Waals surface area contributed by atoms with Crippen LogP contribution in [0, 0.1) is 44.3 Å². The molecule has 150 valence electrons. The third-order valence-corrected chi connectivity index (χ3v) is 6.16. The molecule has 2 saturated heterocycles. The maximum Gasteiger partial charge on any atom is 0.259 e. The van der Waals surface area contributed by atoms with E-state index in [2.05, 4.69) is 42.3 Å². The molecule has 2 heterocycles. The van der Waals surface area contributed by atoms with Crippen molar-refractivity contribution in [2.24, 2.45) is 0 Å². The Morgan fingerprint density at radius 1 is 1.54 bits per heavy atom. The molecule has 1 N–H and O–H groups in total. The van der Waals surface area contributed by atoms with Gasteiger partial charge < -0.3 is 28.5 Å². The van der Waals surface area contributed by atoms with Gasteiger partial charge in [0.25, 0.3) is 8.53 Å². The molecule has 2 aliphatic heterocycles. The zero-order chi connectivity index (χ0) is 20.6. The molecule has 0 aromatic carbocycles. The molecule has 2 fully saturated rings. The summed E-state index contributed by atoms with van der Waals surface area (Å²) >= 11 is 0. The number of rotatable bonds is 9. The summed E-state index contributed by atoms with van der Waals surface area (Å²) < 4.78 is 39.9. The van der Waals surface area contributed by atoms with Crippen LogP contribution in [-0.4, -0.2) is 68.0 Å². The minimum Gasteiger partial charge on any atom is -0.541 e. The van der Waals surface area contributed by atoms with Crippen molar-refractivity contribution in [3.63, 3.8) is 0 Å². The van der Waals surface area contributed by atoms with Gasteiger partial charge >= 0.3 is 0 Å². The van der Waals surface area contributed by atoms with Gasteiger partial charge in [-0.2, -0.15) is 6.61 Å². The summed E-state index contributed by atoms with van der Waals surface area (Å²) in [6, 6.07) is 0.469. The number of fused-ring (bicyclic) bond motifs is 2. The number of ether oxygens (including phenoxy) is 2. The van der Waals surface area contributed by atoms with E-state index in [1.54, 1.807) is 13.5 Å². The van der Waals surface area contributed by atoms with Gasteiger partial charge in [-0.15, -0.1) is 0 Å². The van der Waals surface area contributed by atoms with Gasteiger partial charge in [-0.25, -0.2) is 11.2 Å². The number of hydrogen-bond acceptors (Lipinski definition) is 6. The standard InChI is InChI=1S/C16H28N2O4P.CH4O.U/c1-7-16-11-19-14(10-20-16)15(16)22-23(21-9-8-17-6)18(12(2)3)13(4)5;1-2;/h10,12-15H,7-9,11H2,1-5H3;2H,1H3;/q-1;;/t14-,15-,16-,23?;;/m0../s1/i7D;2T;/t7-,14+,15+,16+,23?;;/m1... The van der Waals surface area contributed by atoms with Gasteiger partial charge in [0.2, 0.25) is 7.98 Å². The Morgan fingerprint density at radius 2 is 2.15 bits per heavy atom. The van der Waals surface area contributed by atoms with Crippen LogP contribution in [0.5, 0.6) is 0 Å². The van der Waals surface area contributed by atoms with Gasteiger partial charge in [-0.3, -0.25) is 0 Å². The molecule has 1 unspecified atom stereocenters. The summed E-state index contributed by atoms with van der Waals surface area (Å²) in [4.78, 5) is 3.35. The van der Waals surface area contributed by atoms with Crippen LogP contribution in [0.15, 0.2) is 0 Å². The van der Waals surface area contributed by atoms with Gasteiger partial charge in [0.1, 0.15) is 6.61 Å². The molecular formula is C17H32N2O5PU-. The van der Waals surface area contributed by atoms with Crippen LogP contribution in [0.2, 0.25) is 0 Å². The van der Waals surface area contributed by atoms with Crippen molar-refractivity contribution in [3.05, 3.63) is 18.0 Å². The Hall–Kier alpha value is 0.732. The molecule has 2 aliphatic rings. The molecule has 0 amide bonds. The van der Waals surface area contributed by atoms with E-state index >= 15 is 0 Å². The summed E-state index contributed by atoms with van der Waals surface area (Å²) in [5.74, 6) is 0. The fourth-order valence-electron chi connectivity index (χ4n) is 2.93. The van der Waals surface area contributed by atoms with Crippen LogP contribution >= 0.6 is 8.53 Å². The van der Waals surface area contributed by atoms with Crippen LogP contribution in [0.4, 0.5) is 0 Å². The van der Waals surface area contributed by atoms with Crippen LogP contribution in [0.3, 0.4) is 0 Å². The molecule has 2 rings (SSSR count). The quantitative estimate of drug-likeness (QED) is 0.244. The molecule has 0 aromatic rings. The zero-order valence-corrected chi connectivity index (χ0v) is 21.5. The molecule has 5 atom stereocenters. The Labute approximate surface area is 186 Å². The topological polar surface area (TPSA) is 64.8 Å². The van der Waals surface area contributed by atoms with Crippen LogP contribution in [0.25, 0.3) is 4.85 Å². The second-order valence-electron chi connectivity index (χ2n) is 6.32. The molecule has 0 aliphatic carbocycles. The fraction of sp³-hybridized carbons (Fsp3) is 0.882. The molecule has 0 radical (unpaired) electrons. The first-order valence-electron chi connectivity index (χ1n) is 9.49. The third-order valence-electron chi connectivity index (χ3n) is 4.05. The number of aliphatic hydroxyl groups is 1. The molecule has 26 heavy (non-hydrogen) atoms. The Kier molecular flexibility index (Phi) is 11.5. The van der Waals surface area contributed by atoms with E-state index < -0.39 is 20.5 Å². The Balaban J connectivity index is 0.00000171. The average Bonchev–Trinajstić information content (AvgIpc) is 3.11. The number of hydrogen-bond donors (Lipinski definition) is 1. The van der Waals surface area contributed by atoms with E-state index in [1.165, 1.54) is 7.11 Å². The predicted molar refractivity (Wildman–Crippen MR) is 97.6 cm³/mol. The molecule has 0 aromatic heterocycles. The smallest absolute Gasteiger partial charge is 0.259 e. The second kappa shape index (κ2) is 13.0. The van der Waals surface area contributed by atoms with Crippen molar-refractivity contribution in [1.82, 2.24) is 4.67 Å². The molecule has 0 spiro atoms. The Morgan fingerprint density at radius 3 is 2.58 bits per heavy atom. The summed E-state index contributed by atoms with van der Waals surface area (Å²) in [6.45, 7) is 19.8. The summed E-state index contributed by atoms with van der Waals surface area (Å²) in [7, 11) is -0.0771. The summed E-state index contributed by atoms with van der Waals surface area (Å²) in [5.41, 5.74) is -0.770. The van der Waals surface area contributed by atoms with E-state index in [-0.39, 0.29) is 55.4 Å². The third kappa shape index (κ3) is 6.38. The number of nitrogens with zero attached hydrogens (tertiary/aromatic N) is 2. The van der Waals surface area contributed by atoms with E-state index in [1.807, 2.05) is 0 Å². The first kappa shape index (κ1) is 23.0. The van der Waals surface area contributed by atoms with Crippen LogP contribution in [0.1, 0.15) is 42.4 Å². The minimum atomic E-state index is -1.37. The molecular weight excluding hydrogens is 581 g/mol. The van der Waals surface area contributed by atoms with E-state index in [0.717, 1.165) is 0 Å². The van der Waals surface area contributed by atoms with Crippen molar-refractivity contribution < 1.29 is 56.1 Å². The zero-order valence-electron chi connectivity index (χ0n) is 18.5. The van der Waals surface area contributed by atoms with Gasteiger partial charge in [0, 0.05) is 51.7 Å².